The fourth-order valence-electron chi connectivity index (χ4n) is 5.77. The van der Waals surface area contributed by atoms with E-state index in [1.165, 1.54) is 83.1 Å². The van der Waals surface area contributed by atoms with E-state index in [1.54, 1.807) is 0 Å². The molecule has 0 radical (unpaired) electrons. The first-order valence-corrected chi connectivity index (χ1v) is 17.5. The second kappa shape index (κ2) is 16.9. The molecule has 47 heavy (non-hydrogen) atoms. The van der Waals surface area contributed by atoms with Gasteiger partial charge in [0.2, 0.25) is 0 Å². The summed E-state index contributed by atoms with van der Waals surface area (Å²) in [7, 11) is 0. The van der Waals surface area contributed by atoms with Gasteiger partial charge in [-0.1, -0.05) is 97.1 Å². The molecule has 0 aliphatic heterocycles. The summed E-state index contributed by atoms with van der Waals surface area (Å²) in [5.74, 6) is 0. The van der Waals surface area contributed by atoms with Crippen LogP contribution in [0.4, 0.5) is 0 Å². The number of allylic oxidation sites excluding steroid dienone is 4. The van der Waals surface area contributed by atoms with E-state index < -0.39 is 0 Å². The van der Waals surface area contributed by atoms with E-state index in [1.807, 2.05) is 0 Å². The first-order chi connectivity index (χ1) is 21.1. The first kappa shape index (κ1) is 40.9. The number of benzene rings is 4. The molecule has 0 saturated carbocycles. The van der Waals surface area contributed by atoms with Crippen LogP contribution in [0.25, 0.3) is 11.1 Å². The van der Waals surface area contributed by atoms with Crippen molar-refractivity contribution < 1.29 is 49.0 Å². The molecule has 0 N–H and O–H groups in total. The zero-order chi connectivity index (χ0) is 33.0. The molecule has 4 aromatic rings. The maximum absolute atomic E-state index is 3.53. The van der Waals surface area contributed by atoms with Gasteiger partial charge in [0.05, 0.1) is 0 Å². The van der Waals surface area contributed by atoms with Crippen molar-refractivity contribution in [3.05, 3.63) is 154 Å². The summed E-state index contributed by atoms with van der Waals surface area (Å²) >= 11 is 1.46. The van der Waals surface area contributed by atoms with Crippen LogP contribution in [0.3, 0.4) is 0 Å². The molecule has 0 amide bonds. The van der Waals surface area contributed by atoms with Gasteiger partial charge in [-0.05, 0) is 22.8 Å². The number of hydrogen-bond acceptors (Lipinski definition) is 0. The second-order valence-corrected chi connectivity index (χ2v) is 16.6. The van der Waals surface area contributed by atoms with Crippen LogP contribution in [0.5, 0.6) is 0 Å². The fourth-order valence-corrected chi connectivity index (χ4v) is 6.58. The van der Waals surface area contributed by atoms with Gasteiger partial charge < -0.3 is 24.8 Å². The summed E-state index contributed by atoms with van der Waals surface area (Å²) in [5.41, 5.74) is 14.5. The van der Waals surface area contributed by atoms with E-state index in [4.69, 9.17) is 0 Å². The summed E-state index contributed by atoms with van der Waals surface area (Å²) in [6.45, 7) is 22.5. The molecule has 0 heterocycles. The van der Waals surface area contributed by atoms with E-state index in [0.717, 1.165) is 12.8 Å². The van der Waals surface area contributed by atoms with Gasteiger partial charge in [0.25, 0.3) is 0 Å². The van der Waals surface area contributed by atoms with Crippen LogP contribution in [0.2, 0.25) is 0 Å². The van der Waals surface area contributed by atoms with Crippen LogP contribution < -0.4 is 24.8 Å². The van der Waals surface area contributed by atoms with E-state index in [-0.39, 0.29) is 41.1 Å². The monoisotopic (exact) mass is 738 g/mol. The third-order valence-electron chi connectivity index (χ3n) is 8.48. The van der Waals surface area contributed by atoms with Crippen LogP contribution >= 0.6 is 0 Å². The number of halogens is 2. The van der Waals surface area contributed by atoms with Crippen molar-refractivity contribution in [1.29, 1.82) is 0 Å². The number of fused-ring (bicyclic) bond motifs is 3. The van der Waals surface area contributed by atoms with Crippen LogP contribution in [0, 0.1) is 17.6 Å². The SMILES string of the molecule is CC(C)(C)c1c[c-]c2c(c1)-c1cc(C(C)(C)C)ccc1C2.CC1=CC[C-]=C1C(C)(C)C.[Cl-].[Cl-].[Zr+2]=[C](c1ccccc1)c1ccccc1. The van der Waals surface area contributed by atoms with Gasteiger partial charge in [0.15, 0.2) is 0 Å². The number of rotatable bonds is 2. The molecule has 0 saturated heterocycles. The van der Waals surface area contributed by atoms with Crippen molar-refractivity contribution in [3.8, 4) is 11.1 Å². The fraction of sp³-hybridized carbons (Fsp3) is 0.341. The Hall–Kier alpha value is -2.31. The molecule has 0 aromatic heterocycles. The van der Waals surface area contributed by atoms with E-state index >= 15 is 0 Å². The summed E-state index contributed by atoms with van der Waals surface area (Å²) < 4.78 is 1.42. The summed E-state index contributed by atoms with van der Waals surface area (Å²) in [6, 6.07) is 36.2. The molecule has 0 bridgehead atoms. The maximum atomic E-state index is 3.53. The van der Waals surface area contributed by atoms with Gasteiger partial charge in [-0.2, -0.15) is 35.4 Å². The van der Waals surface area contributed by atoms with Gasteiger partial charge in [-0.25, -0.2) is 11.1 Å². The molecule has 2 aliphatic rings. The molecule has 246 valence electrons. The molecule has 0 unspecified atom stereocenters. The Balaban J connectivity index is 0.000000258. The second-order valence-electron chi connectivity index (χ2n) is 15.3. The zero-order valence-electron chi connectivity index (χ0n) is 29.9. The van der Waals surface area contributed by atoms with E-state index in [2.05, 4.69) is 178 Å². The Bertz CT molecular complexity index is 1590. The molecule has 3 heteroatoms. The molecular formula is C44H50Cl2Zr-2. The predicted octanol–water partition coefficient (Wildman–Crippen LogP) is 5.58. The van der Waals surface area contributed by atoms with Crippen molar-refractivity contribution >= 4 is 3.21 Å². The zero-order valence-corrected chi connectivity index (χ0v) is 33.9. The standard InChI is InChI=1S/C21H25.C13H10.C10H15.2ClH.Zr/c1-20(2,3)16-9-7-14-11-15-8-10-17(21(4,5)6)13-19(15)18(14)12-16;1-3-7-12(8-4-1)11-13-9-5-2-6-10-13;1-8-6-5-7-9(8)10(2,3)4;;;/h7,9-10,12-13H,11H2,1-6H3;1-10H;6H,5H2,1-4H3;2*1H;/q-1;;-1;;;+2/p-2. The average molecular weight is 741 g/mol. The molecule has 2 aliphatic carbocycles. The molecule has 6 rings (SSSR count). The van der Waals surface area contributed by atoms with Crippen LogP contribution in [0.1, 0.15) is 109 Å². The normalized spacial score (nSPS) is 13.2. The molecule has 0 atom stereocenters. The van der Waals surface area contributed by atoms with Gasteiger partial charge >= 0.3 is 99.2 Å². The average Bonchev–Trinajstić information content (AvgIpc) is 3.60. The van der Waals surface area contributed by atoms with Crippen LogP contribution in [-0.4, -0.2) is 3.21 Å². The Morgan fingerprint density at radius 3 is 1.57 bits per heavy atom. The minimum atomic E-state index is 0. The summed E-state index contributed by atoms with van der Waals surface area (Å²) in [6.07, 6.45) is 7.65. The Morgan fingerprint density at radius 2 is 1.15 bits per heavy atom. The first-order valence-electron chi connectivity index (χ1n) is 16.2. The van der Waals surface area contributed by atoms with Crippen molar-refractivity contribution in [2.75, 3.05) is 0 Å². The topological polar surface area (TPSA) is 0 Å². The van der Waals surface area contributed by atoms with Crippen molar-refractivity contribution in [1.82, 2.24) is 0 Å². The molecule has 0 nitrogen and oxygen atoms in total. The van der Waals surface area contributed by atoms with Crippen LogP contribution in [0.15, 0.2) is 108 Å². The predicted molar refractivity (Wildman–Crippen MR) is 192 cm³/mol. The van der Waals surface area contributed by atoms with Gasteiger partial charge in [0.1, 0.15) is 0 Å². The van der Waals surface area contributed by atoms with Crippen molar-refractivity contribution in [2.45, 2.75) is 92.9 Å². The van der Waals surface area contributed by atoms with Crippen molar-refractivity contribution in [2.24, 2.45) is 5.41 Å². The van der Waals surface area contributed by atoms with Gasteiger partial charge in [-0.15, -0.1) is 18.9 Å². The van der Waals surface area contributed by atoms with Crippen LogP contribution in [-0.2, 0) is 41.5 Å². The molecular weight excluding hydrogens is 691 g/mol. The summed E-state index contributed by atoms with van der Waals surface area (Å²) in [5, 5.41) is 0. The third kappa shape index (κ3) is 10.8. The Morgan fingerprint density at radius 1 is 0.638 bits per heavy atom. The quantitative estimate of drug-likeness (QED) is 0.208. The Kier molecular flexibility index (Phi) is 14.7. The third-order valence-corrected chi connectivity index (χ3v) is 9.90. The molecule has 4 aromatic carbocycles. The Labute approximate surface area is 313 Å². The van der Waals surface area contributed by atoms with Gasteiger partial charge in [0, 0.05) is 0 Å². The molecule has 0 fully saturated rings. The van der Waals surface area contributed by atoms with E-state index in [0.29, 0.717) is 0 Å². The number of hydrogen-bond donors (Lipinski definition) is 0. The minimum absolute atomic E-state index is 0. The van der Waals surface area contributed by atoms with Gasteiger partial charge in [-0.3, -0.25) is 6.08 Å². The molecule has 0 spiro atoms. The van der Waals surface area contributed by atoms with E-state index in [9.17, 15) is 0 Å². The van der Waals surface area contributed by atoms with Crippen molar-refractivity contribution in [3.63, 3.8) is 0 Å². The summed E-state index contributed by atoms with van der Waals surface area (Å²) in [4.78, 5) is 0.